The van der Waals surface area contributed by atoms with Gasteiger partial charge in [0.2, 0.25) is 0 Å². The third-order valence-electron chi connectivity index (χ3n) is 11.3. The van der Waals surface area contributed by atoms with Crippen molar-refractivity contribution in [1.82, 2.24) is 10.0 Å². The van der Waals surface area contributed by atoms with Crippen molar-refractivity contribution in [3.05, 3.63) is 0 Å². The molecule has 8 heteroatoms. The highest BCUT2D eigenvalue weighted by atomic mass is 32.2. The molecule has 4 aliphatic heterocycles. The molecule has 6 nitrogen and oxygen atoms in total. The lowest BCUT2D eigenvalue weighted by molar-refractivity contribution is -0.0676. The van der Waals surface area contributed by atoms with Gasteiger partial charge in [-0.3, -0.25) is 8.42 Å². The SMILES string of the molecule is C.C=S1(=O)CC(C(C)(C)C)CN1.C=S1(=O)CC2(CC(C(C)(C)C)C2)C1.CC(C)(C)C1CNC2(COC2)C1.CCC(CO)C(C)(C)C. The van der Waals surface area contributed by atoms with Crippen LogP contribution >= 0.6 is 0 Å². The molecule has 0 bridgehead atoms. The van der Waals surface area contributed by atoms with Crippen molar-refractivity contribution >= 4 is 31.0 Å². The van der Waals surface area contributed by atoms with E-state index in [0.717, 1.165) is 55.3 Å². The summed E-state index contributed by atoms with van der Waals surface area (Å²) in [7, 11) is -3.55. The van der Waals surface area contributed by atoms with Gasteiger partial charge in [-0.05, 0) is 97.8 Å². The normalized spacial score (nSPS) is 35.4. The number of ether oxygens (including phenoxy) is 1. The Labute approximate surface area is 287 Å². The lowest BCUT2D eigenvalue weighted by atomic mass is 9.56. The Kier molecular flexibility index (Phi) is 14.7. The average molecular weight is 691 g/mol. The summed E-state index contributed by atoms with van der Waals surface area (Å²) >= 11 is 0. The van der Waals surface area contributed by atoms with Crippen LogP contribution in [0.5, 0.6) is 0 Å². The molecule has 4 heterocycles. The van der Waals surface area contributed by atoms with Gasteiger partial charge in [-0.25, -0.2) is 4.72 Å². The van der Waals surface area contributed by atoms with Crippen LogP contribution in [0, 0.1) is 50.7 Å². The number of hydrogen-bond donors (Lipinski definition) is 3. The molecule has 46 heavy (non-hydrogen) atoms. The van der Waals surface area contributed by atoms with Crippen LogP contribution in [0.4, 0.5) is 0 Å². The molecule has 0 radical (unpaired) electrons. The molecular weight excluding hydrogens is 613 g/mol. The quantitative estimate of drug-likeness (QED) is 0.268. The smallest absolute Gasteiger partial charge is 0.0672 e. The fraction of sp³-hybridized carbons (Fsp3) is 0.947. The van der Waals surface area contributed by atoms with Crippen LogP contribution in [0.3, 0.4) is 0 Å². The minimum Gasteiger partial charge on any atom is -0.396 e. The zero-order valence-electron chi connectivity index (χ0n) is 31.7. The van der Waals surface area contributed by atoms with E-state index in [4.69, 9.17) is 9.84 Å². The van der Waals surface area contributed by atoms with Crippen LogP contribution in [-0.4, -0.2) is 81.0 Å². The van der Waals surface area contributed by atoms with E-state index >= 15 is 0 Å². The van der Waals surface area contributed by atoms with Gasteiger partial charge in [0.25, 0.3) is 0 Å². The second-order valence-electron chi connectivity index (χ2n) is 19.7. The van der Waals surface area contributed by atoms with Gasteiger partial charge in [0, 0.05) is 40.1 Å². The second kappa shape index (κ2) is 15.4. The molecule has 4 atom stereocenters. The lowest BCUT2D eigenvalue weighted by Crippen LogP contribution is -2.58. The molecular formula is C38H78N2O4S2. The van der Waals surface area contributed by atoms with Crippen LogP contribution < -0.4 is 10.0 Å². The molecule has 4 saturated heterocycles. The summed E-state index contributed by atoms with van der Waals surface area (Å²) in [5.41, 5.74) is 2.26. The Bertz CT molecular complexity index is 1140. The zero-order chi connectivity index (χ0) is 34.9. The predicted molar refractivity (Wildman–Crippen MR) is 207 cm³/mol. The molecule has 0 aromatic heterocycles. The number of aliphatic hydroxyl groups is 1. The Morgan fingerprint density at radius 1 is 0.804 bits per heavy atom. The molecule has 276 valence electrons. The number of aliphatic hydroxyl groups excluding tert-OH is 1. The monoisotopic (exact) mass is 691 g/mol. The summed E-state index contributed by atoms with van der Waals surface area (Å²) in [5.74, 6) is 12.6. The minimum atomic E-state index is -1.93. The Morgan fingerprint density at radius 2 is 1.28 bits per heavy atom. The van der Waals surface area contributed by atoms with E-state index in [1.54, 1.807) is 0 Å². The topological polar surface area (TPSA) is 87.7 Å². The summed E-state index contributed by atoms with van der Waals surface area (Å²) in [6.07, 6.45) is 4.96. The van der Waals surface area contributed by atoms with E-state index in [0.29, 0.717) is 40.2 Å². The number of hydrogen-bond acceptors (Lipinski definition) is 5. The summed E-state index contributed by atoms with van der Waals surface area (Å²) in [4.78, 5) is 0. The number of nitrogens with one attached hydrogen (secondary N) is 2. The highest BCUT2D eigenvalue weighted by Gasteiger charge is 2.55. The van der Waals surface area contributed by atoms with Gasteiger partial charge in [-0.2, -0.15) is 0 Å². The third kappa shape index (κ3) is 12.6. The molecule has 5 fully saturated rings. The van der Waals surface area contributed by atoms with Crippen molar-refractivity contribution in [2.75, 3.05) is 50.2 Å². The fourth-order valence-electron chi connectivity index (χ4n) is 7.31. The van der Waals surface area contributed by atoms with Crippen LogP contribution in [0.25, 0.3) is 0 Å². The Hall–Kier alpha value is -0.120. The fourth-order valence-corrected chi connectivity index (χ4v) is 11.8. The maximum absolute atomic E-state index is 11.5. The third-order valence-corrected chi connectivity index (χ3v) is 15.2. The van der Waals surface area contributed by atoms with Crippen LogP contribution in [0.1, 0.15) is 123 Å². The summed E-state index contributed by atoms with van der Waals surface area (Å²) < 4.78 is 31.1. The Morgan fingerprint density at radius 3 is 1.48 bits per heavy atom. The maximum Gasteiger partial charge on any atom is 0.0672 e. The molecule has 0 amide bonds. The minimum absolute atomic E-state index is 0. The van der Waals surface area contributed by atoms with Gasteiger partial charge in [-0.15, -0.1) is 0 Å². The lowest BCUT2D eigenvalue weighted by Gasteiger charge is -2.58. The first-order valence-electron chi connectivity index (χ1n) is 17.4. The van der Waals surface area contributed by atoms with Crippen molar-refractivity contribution in [3.63, 3.8) is 0 Å². The molecule has 3 N–H and O–H groups in total. The molecule has 5 rings (SSSR count). The van der Waals surface area contributed by atoms with Gasteiger partial charge >= 0.3 is 0 Å². The predicted octanol–water partition coefficient (Wildman–Crippen LogP) is 7.14. The van der Waals surface area contributed by atoms with Gasteiger partial charge in [0.15, 0.2) is 0 Å². The van der Waals surface area contributed by atoms with E-state index in [1.807, 2.05) is 0 Å². The summed E-state index contributed by atoms with van der Waals surface area (Å²) in [6, 6.07) is 0. The van der Waals surface area contributed by atoms with Crippen molar-refractivity contribution in [3.8, 4) is 0 Å². The number of rotatable bonds is 2. The first-order chi connectivity index (χ1) is 20.1. The van der Waals surface area contributed by atoms with Gasteiger partial charge in [0.1, 0.15) is 0 Å². The average Bonchev–Trinajstić information content (AvgIpc) is 3.40. The molecule has 0 aromatic rings. The Balaban J connectivity index is 0.000000308. The standard InChI is InChI=1S/C11H20OS.C10H19NO.C8H17NOS.C8H18O.CH4/c1-10(2,3)9-5-11(6-9)7-13(4,12)8-11;1-9(2,3)8-4-10(11-5-8)6-12-7-10;1-8(2,3)7-5-9-11(4,10)6-7;1-5-7(6-9)8(2,3)4;/h9H,4-8H2,1-3H3;8,11H,4-7H2,1-3H3;7H,4-6H2,1-3H3,(H,9,10);7,9H,5-6H2,1-4H3;1H4. The summed E-state index contributed by atoms with van der Waals surface area (Å²) in [5, 5.41) is 12.5. The van der Waals surface area contributed by atoms with Gasteiger partial charge in [0.05, 0.1) is 18.8 Å². The van der Waals surface area contributed by atoms with Gasteiger partial charge in [-0.1, -0.05) is 104 Å². The van der Waals surface area contributed by atoms with E-state index in [2.05, 4.69) is 112 Å². The molecule has 1 saturated carbocycles. The van der Waals surface area contributed by atoms with Crippen molar-refractivity contribution < 1.29 is 18.3 Å². The molecule has 0 aromatic carbocycles. The highest BCUT2D eigenvalue weighted by molar-refractivity contribution is 8.01. The van der Waals surface area contributed by atoms with Crippen LogP contribution in [0.15, 0.2) is 0 Å². The molecule has 2 spiro atoms. The first kappa shape index (κ1) is 43.9. The molecule has 5 aliphatic rings. The van der Waals surface area contributed by atoms with Crippen LogP contribution in [-0.2, 0) is 24.0 Å². The van der Waals surface area contributed by atoms with E-state index in [1.165, 1.54) is 25.8 Å². The van der Waals surface area contributed by atoms with E-state index in [-0.39, 0.29) is 18.3 Å². The van der Waals surface area contributed by atoms with Crippen molar-refractivity contribution in [1.29, 1.82) is 0 Å². The largest absolute Gasteiger partial charge is 0.396 e. The maximum atomic E-state index is 11.5. The second-order valence-corrected chi connectivity index (χ2v) is 24.4. The van der Waals surface area contributed by atoms with Crippen LogP contribution in [0.2, 0.25) is 0 Å². The molecule has 1 aliphatic carbocycles. The molecule has 4 unspecified atom stereocenters. The van der Waals surface area contributed by atoms with Crippen molar-refractivity contribution in [2.45, 2.75) is 129 Å². The van der Waals surface area contributed by atoms with Crippen molar-refractivity contribution in [2.24, 2.45) is 50.7 Å². The summed E-state index contributed by atoms with van der Waals surface area (Å²) in [6.45, 7) is 33.3. The van der Waals surface area contributed by atoms with Gasteiger partial charge < -0.3 is 15.2 Å². The van der Waals surface area contributed by atoms with E-state index in [9.17, 15) is 8.42 Å². The first-order valence-corrected chi connectivity index (χ1v) is 21.4. The zero-order valence-corrected chi connectivity index (χ0v) is 33.3. The van der Waals surface area contributed by atoms with E-state index < -0.39 is 19.2 Å². The highest BCUT2D eigenvalue weighted by Crippen LogP contribution is 2.58.